The summed E-state index contributed by atoms with van der Waals surface area (Å²) in [5.41, 5.74) is 9.26. The van der Waals surface area contributed by atoms with Crippen molar-refractivity contribution in [2.75, 3.05) is 4.90 Å². The number of guanidine groups is 1. The van der Waals surface area contributed by atoms with E-state index in [1.54, 1.807) is 4.90 Å². The van der Waals surface area contributed by atoms with Crippen LogP contribution in [0, 0.1) is 5.41 Å². The molecule has 3 nitrogen and oxygen atoms in total. The molecule has 2 rings (SSSR count). The fourth-order valence-electron chi connectivity index (χ4n) is 2.22. The lowest BCUT2D eigenvalue weighted by Crippen LogP contribution is -2.35. The minimum Gasteiger partial charge on any atom is -0.370 e. The zero-order chi connectivity index (χ0) is 15.5. The number of hydrogen-bond donors (Lipinski definition) is 2. The molecule has 3 heteroatoms. The van der Waals surface area contributed by atoms with Gasteiger partial charge >= 0.3 is 0 Å². The molecule has 0 bridgehead atoms. The molecule has 0 aliphatic rings. The lowest BCUT2D eigenvalue weighted by molar-refractivity contribution is 0.590. The molecular weight excluding hydrogens is 258 g/mol. The molecule has 0 unspecified atom stereocenters. The molecule has 0 fully saturated rings. The van der Waals surface area contributed by atoms with Crippen LogP contribution < -0.4 is 10.6 Å². The summed E-state index contributed by atoms with van der Waals surface area (Å²) in [4.78, 5) is 1.80. The summed E-state index contributed by atoms with van der Waals surface area (Å²) in [6.07, 6.45) is 0. The Morgan fingerprint density at radius 1 is 1.00 bits per heavy atom. The standard InChI is InChI=1S/C18H23N3/c1-18(2,3)15-11-9-14(10-12-15)13-21(17(19)20)16-7-5-4-6-8-16/h4-12H,13H2,1-3H3,(H3,19,20). The van der Waals surface area contributed by atoms with Crippen molar-refractivity contribution in [3.8, 4) is 0 Å². The van der Waals surface area contributed by atoms with E-state index in [2.05, 4.69) is 45.0 Å². The first-order valence-electron chi connectivity index (χ1n) is 7.14. The summed E-state index contributed by atoms with van der Waals surface area (Å²) >= 11 is 0. The van der Waals surface area contributed by atoms with Crippen LogP contribution in [0.25, 0.3) is 0 Å². The topological polar surface area (TPSA) is 53.1 Å². The Kier molecular flexibility index (Phi) is 4.32. The van der Waals surface area contributed by atoms with E-state index in [1.807, 2.05) is 30.3 Å². The van der Waals surface area contributed by atoms with Gasteiger partial charge in [0.1, 0.15) is 0 Å². The van der Waals surface area contributed by atoms with Crippen LogP contribution in [0.15, 0.2) is 54.6 Å². The van der Waals surface area contributed by atoms with Gasteiger partial charge in [-0.05, 0) is 28.7 Å². The summed E-state index contributed by atoms with van der Waals surface area (Å²) in [6, 6.07) is 18.3. The van der Waals surface area contributed by atoms with Crippen LogP contribution in [0.1, 0.15) is 31.9 Å². The van der Waals surface area contributed by atoms with Gasteiger partial charge in [0.05, 0.1) is 6.54 Å². The predicted molar refractivity (Wildman–Crippen MR) is 89.7 cm³/mol. The van der Waals surface area contributed by atoms with Gasteiger partial charge in [-0.2, -0.15) is 0 Å². The van der Waals surface area contributed by atoms with E-state index in [0.717, 1.165) is 11.3 Å². The molecule has 0 saturated carbocycles. The number of rotatable bonds is 3. The Morgan fingerprint density at radius 3 is 2.05 bits per heavy atom. The van der Waals surface area contributed by atoms with E-state index < -0.39 is 0 Å². The second kappa shape index (κ2) is 6.00. The third-order valence-corrected chi connectivity index (χ3v) is 3.52. The molecular formula is C18H23N3. The van der Waals surface area contributed by atoms with Gasteiger partial charge in [-0.3, -0.25) is 5.41 Å². The van der Waals surface area contributed by atoms with Crippen LogP contribution in [-0.4, -0.2) is 5.96 Å². The Labute approximate surface area is 126 Å². The lowest BCUT2D eigenvalue weighted by Gasteiger charge is -2.24. The number of nitrogens with two attached hydrogens (primary N) is 1. The molecule has 0 aliphatic carbocycles. The number of anilines is 1. The van der Waals surface area contributed by atoms with E-state index in [1.165, 1.54) is 5.56 Å². The maximum Gasteiger partial charge on any atom is 0.193 e. The molecule has 0 aromatic heterocycles. The highest BCUT2D eigenvalue weighted by Crippen LogP contribution is 2.23. The van der Waals surface area contributed by atoms with Crippen molar-refractivity contribution < 1.29 is 0 Å². The molecule has 0 atom stereocenters. The van der Waals surface area contributed by atoms with Crippen molar-refractivity contribution in [1.82, 2.24) is 0 Å². The molecule has 0 heterocycles. The number of nitrogens with one attached hydrogen (secondary N) is 1. The maximum absolute atomic E-state index is 7.78. The first kappa shape index (κ1) is 15.1. The van der Waals surface area contributed by atoms with Gasteiger partial charge in [0.15, 0.2) is 5.96 Å². The normalized spacial score (nSPS) is 11.2. The molecule has 3 N–H and O–H groups in total. The second-order valence-electron chi connectivity index (χ2n) is 6.25. The van der Waals surface area contributed by atoms with Crippen LogP contribution in [0.3, 0.4) is 0 Å². The van der Waals surface area contributed by atoms with Crippen LogP contribution in [0.2, 0.25) is 0 Å². The van der Waals surface area contributed by atoms with Crippen molar-refractivity contribution in [2.24, 2.45) is 5.73 Å². The number of nitrogens with zero attached hydrogens (tertiary/aromatic N) is 1. The zero-order valence-corrected chi connectivity index (χ0v) is 12.9. The highest BCUT2D eigenvalue weighted by molar-refractivity contribution is 5.92. The minimum atomic E-state index is 0.0566. The summed E-state index contributed by atoms with van der Waals surface area (Å²) < 4.78 is 0. The molecule has 2 aromatic carbocycles. The molecule has 21 heavy (non-hydrogen) atoms. The predicted octanol–water partition coefficient (Wildman–Crippen LogP) is 3.88. The van der Waals surface area contributed by atoms with Crippen LogP contribution in [0.5, 0.6) is 0 Å². The number of benzene rings is 2. The summed E-state index contributed by atoms with van der Waals surface area (Å²) in [7, 11) is 0. The van der Waals surface area contributed by atoms with Crippen molar-refractivity contribution in [2.45, 2.75) is 32.7 Å². The van der Waals surface area contributed by atoms with Crippen LogP contribution in [0.4, 0.5) is 5.69 Å². The molecule has 2 aromatic rings. The SMILES string of the molecule is CC(C)(C)c1ccc(CN(C(=N)N)c2ccccc2)cc1. The zero-order valence-electron chi connectivity index (χ0n) is 12.9. The van der Waals surface area contributed by atoms with Gasteiger partial charge in [-0.25, -0.2) is 0 Å². The summed E-state index contributed by atoms with van der Waals surface area (Å²) in [5.74, 6) is 0.0566. The van der Waals surface area contributed by atoms with Gasteiger partial charge in [0.25, 0.3) is 0 Å². The highest BCUT2D eigenvalue weighted by Gasteiger charge is 2.14. The smallest absolute Gasteiger partial charge is 0.193 e. The second-order valence-corrected chi connectivity index (χ2v) is 6.25. The Hall–Kier alpha value is -2.29. The highest BCUT2D eigenvalue weighted by atomic mass is 15.2. The summed E-state index contributed by atoms with van der Waals surface area (Å²) in [5, 5.41) is 7.78. The Bertz CT molecular complexity index is 595. The third kappa shape index (κ3) is 3.85. The van der Waals surface area contributed by atoms with E-state index in [4.69, 9.17) is 11.1 Å². The number of hydrogen-bond acceptors (Lipinski definition) is 1. The molecule has 0 spiro atoms. The van der Waals surface area contributed by atoms with E-state index in [0.29, 0.717) is 6.54 Å². The molecule has 0 amide bonds. The average Bonchev–Trinajstić information content (AvgIpc) is 2.45. The van der Waals surface area contributed by atoms with Crippen molar-refractivity contribution >= 4 is 11.6 Å². The van der Waals surface area contributed by atoms with Crippen LogP contribution >= 0.6 is 0 Å². The average molecular weight is 281 g/mol. The monoisotopic (exact) mass is 281 g/mol. The fourth-order valence-corrected chi connectivity index (χ4v) is 2.22. The van der Waals surface area contributed by atoms with Gasteiger partial charge in [0.2, 0.25) is 0 Å². The quantitative estimate of drug-likeness (QED) is 0.662. The molecule has 0 radical (unpaired) electrons. The van der Waals surface area contributed by atoms with Crippen molar-refractivity contribution in [3.05, 3.63) is 65.7 Å². The van der Waals surface area contributed by atoms with Gasteiger partial charge < -0.3 is 10.6 Å². The van der Waals surface area contributed by atoms with Crippen LogP contribution in [-0.2, 0) is 12.0 Å². The first-order valence-corrected chi connectivity index (χ1v) is 7.14. The number of para-hydroxylation sites is 1. The summed E-state index contributed by atoms with van der Waals surface area (Å²) in [6.45, 7) is 7.21. The van der Waals surface area contributed by atoms with Crippen molar-refractivity contribution in [3.63, 3.8) is 0 Å². The minimum absolute atomic E-state index is 0.0566. The lowest BCUT2D eigenvalue weighted by atomic mass is 9.87. The van der Waals surface area contributed by atoms with E-state index in [9.17, 15) is 0 Å². The fraction of sp³-hybridized carbons (Fsp3) is 0.278. The third-order valence-electron chi connectivity index (χ3n) is 3.52. The largest absolute Gasteiger partial charge is 0.370 e. The maximum atomic E-state index is 7.78. The van der Waals surface area contributed by atoms with E-state index >= 15 is 0 Å². The molecule has 110 valence electrons. The Morgan fingerprint density at radius 2 is 1.57 bits per heavy atom. The van der Waals surface area contributed by atoms with E-state index in [-0.39, 0.29) is 11.4 Å². The Balaban J connectivity index is 2.20. The van der Waals surface area contributed by atoms with Gasteiger partial charge in [0, 0.05) is 5.69 Å². The van der Waals surface area contributed by atoms with Gasteiger partial charge in [-0.1, -0.05) is 63.2 Å². The molecule has 0 saturated heterocycles. The van der Waals surface area contributed by atoms with Crippen molar-refractivity contribution in [1.29, 1.82) is 5.41 Å². The first-order chi connectivity index (χ1) is 9.88. The van der Waals surface area contributed by atoms with Gasteiger partial charge in [-0.15, -0.1) is 0 Å². The molecule has 0 aliphatic heterocycles.